The molecule has 2 rings (SSSR count). The van der Waals surface area contributed by atoms with Gasteiger partial charge >= 0.3 is 0 Å². The molecule has 0 spiro atoms. The van der Waals surface area contributed by atoms with Crippen LogP contribution in [0.3, 0.4) is 0 Å². The average molecular weight is 219 g/mol. The maximum absolute atomic E-state index is 9.54. The molecule has 0 amide bonds. The maximum atomic E-state index is 9.54. The quantitative estimate of drug-likeness (QED) is 0.845. The normalized spacial score (nSPS) is 21.3. The van der Waals surface area contributed by atoms with Crippen LogP contribution in [0.15, 0.2) is 24.3 Å². The minimum Gasteiger partial charge on any atom is -0.393 e. The number of nitrogens with zero attached hydrogens (tertiary/aromatic N) is 1. The van der Waals surface area contributed by atoms with E-state index in [1.165, 1.54) is 11.3 Å². The third kappa shape index (κ3) is 2.07. The first-order chi connectivity index (χ1) is 7.59. The Balaban J connectivity index is 2.28. The zero-order chi connectivity index (χ0) is 11.7. The first kappa shape index (κ1) is 11.5. The van der Waals surface area contributed by atoms with Crippen LogP contribution in [0.25, 0.3) is 0 Å². The summed E-state index contributed by atoms with van der Waals surface area (Å²) in [5.41, 5.74) is 2.75. The van der Waals surface area contributed by atoms with Crippen molar-refractivity contribution in [3.63, 3.8) is 0 Å². The molecule has 1 aromatic rings. The Kier molecular flexibility index (Phi) is 3.20. The highest BCUT2D eigenvalue weighted by Crippen LogP contribution is 2.39. The Bertz CT molecular complexity index is 360. The van der Waals surface area contributed by atoms with Gasteiger partial charge < -0.3 is 10.0 Å². The minimum atomic E-state index is -0.217. The van der Waals surface area contributed by atoms with E-state index in [4.69, 9.17) is 0 Å². The van der Waals surface area contributed by atoms with Gasteiger partial charge in [0.2, 0.25) is 0 Å². The van der Waals surface area contributed by atoms with Crippen LogP contribution >= 0.6 is 0 Å². The summed E-state index contributed by atoms with van der Waals surface area (Å²) in [6, 6.07) is 9.11. The lowest BCUT2D eigenvalue weighted by Crippen LogP contribution is -2.29. The molecular formula is C14H21NO. The lowest BCUT2D eigenvalue weighted by Gasteiger charge is -2.24. The summed E-state index contributed by atoms with van der Waals surface area (Å²) >= 11 is 0. The summed E-state index contributed by atoms with van der Waals surface area (Å²) in [6.45, 7) is 7.37. The van der Waals surface area contributed by atoms with Crippen molar-refractivity contribution in [1.82, 2.24) is 0 Å². The molecule has 2 unspecified atom stereocenters. The molecule has 0 aromatic heterocycles. The number of anilines is 1. The van der Waals surface area contributed by atoms with E-state index in [2.05, 4.69) is 43.0 Å². The van der Waals surface area contributed by atoms with Crippen molar-refractivity contribution in [3.8, 4) is 0 Å². The van der Waals surface area contributed by atoms with Crippen molar-refractivity contribution in [1.29, 1.82) is 0 Å². The van der Waals surface area contributed by atoms with Gasteiger partial charge in [0.05, 0.1) is 6.10 Å². The van der Waals surface area contributed by atoms with Crippen LogP contribution in [0, 0.1) is 0 Å². The van der Waals surface area contributed by atoms with Crippen LogP contribution < -0.4 is 4.90 Å². The molecule has 88 valence electrons. The molecule has 0 saturated heterocycles. The molecule has 1 aliphatic rings. The number of aliphatic hydroxyl groups excluding tert-OH is 1. The molecule has 0 radical (unpaired) electrons. The van der Waals surface area contributed by atoms with Gasteiger partial charge in [-0.3, -0.25) is 0 Å². The smallest absolute Gasteiger partial charge is 0.0518 e. The van der Waals surface area contributed by atoms with Gasteiger partial charge in [0.1, 0.15) is 0 Å². The Morgan fingerprint density at radius 1 is 1.31 bits per heavy atom. The molecule has 16 heavy (non-hydrogen) atoms. The third-order valence-electron chi connectivity index (χ3n) is 3.35. The van der Waals surface area contributed by atoms with E-state index >= 15 is 0 Å². The van der Waals surface area contributed by atoms with Gasteiger partial charge in [-0.05, 0) is 38.8 Å². The number of rotatable bonds is 3. The number of benzene rings is 1. The second kappa shape index (κ2) is 4.46. The molecule has 0 aliphatic carbocycles. The first-order valence-corrected chi connectivity index (χ1v) is 6.13. The second-order valence-electron chi connectivity index (χ2n) is 5.09. The van der Waals surface area contributed by atoms with Gasteiger partial charge in [-0.1, -0.05) is 18.2 Å². The zero-order valence-electron chi connectivity index (χ0n) is 10.4. The van der Waals surface area contributed by atoms with E-state index in [9.17, 15) is 5.11 Å². The fraction of sp³-hybridized carbons (Fsp3) is 0.571. The number of aliphatic hydroxyl groups is 1. The molecule has 1 heterocycles. The SMILES string of the molecule is CC(O)CC1CN(C(C)C)c2ccccc21. The first-order valence-electron chi connectivity index (χ1n) is 6.13. The van der Waals surface area contributed by atoms with Crippen LogP contribution in [0.2, 0.25) is 0 Å². The van der Waals surface area contributed by atoms with Gasteiger partial charge in [-0.2, -0.15) is 0 Å². The molecular weight excluding hydrogens is 198 g/mol. The van der Waals surface area contributed by atoms with Crippen molar-refractivity contribution in [2.24, 2.45) is 0 Å². The van der Waals surface area contributed by atoms with Crippen LogP contribution in [0.5, 0.6) is 0 Å². The fourth-order valence-electron chi connectivity index (χ4n) is 2.63. The van der Waals surface area contributed by atoms with Gasteiger partial charge in [0.15, 0.2) is 0 Å². The van der Waals surface area contributed by atoms with Crippen LogP contribution in [-0.4, -0.2) is 23.8 Å². The summed E-state index contributed by atoms with van der Waals surface area (Å²) < 4.78 is 0. The molecule has 2 nitrogen and oxygen atoms in total. The second-order valence-corrected chi connectivity index (χ2v) is 5.09. The van der Waals surface area contributed by atoms with Crippen molar-refractivity contribution in [3.05, 3.63) is 29.8 Å². The zero-order valence-corrected chi connectivity index (χ0v) is 10.4. The van der Waals surface area contributed by atoms with E-state index in [0.29, 0.717) is 12.0 Å². The number of hydrogen-bond acceptors (Lipinski definition) is 2. The van der Waals surface area contributed by atoms with E-state index in [-0.39, 0.29) is 6.10 Å². The topological polar surface area (TPSA) is 23.5 Å². The molecule has 0 bridgehead atoms. The monoisotopic (exact) mass is 219 g/mol. The maximum Gasteiger partial charge on any atom is 0.0518 e. The van der Waals surface area contributed by atoms with Gasteiger partial charge in [0.25, 0.3) is 0 Å². The standard InChI is InChI=1S/C14H21NO/c1-10(2)15-9-12(8-11(3)16)13-6-4-5-7-14(13)15/h4-7,10-12,16H,8-9H2,1-3H3. The van der Waals surface area contributed by atoms with Crippen molar-refractivity contribution in [2.75, 3.05) is 11.4 Å². The van der Waals surface area contributed by atoms with Crippen LogP contribution in [0.4, 0.5) is 5.69 Å². The van der Waals surface area contributed by atoms with E-state index < -0.39 is 0 Å². The van der Waals surface area contributed by atoms with Gasteiger partial charge in [-0.15, -0.1) is 0 Å². The highest BCUT2D eigenvalue weighted by Gasteiger charge is 2.29. The Morgan fingerprint density at radius 2 is 2.00 bits per heavy atom. The summed E-state index contributed by atoms with van der Waals surface area (Å²) in [5, 5.41) is 9.54. The third-order valence-corrected chi connectivity index (χ3v) is 3.35. The molecule has 2 atom stereocenters. The Labute approximate surface area is 97.9 Å². The summed E-state index contributed by atoms with van der Waals surface area (Å²) in [5.74, 6) is 0.485. The van der Waals surface area contributed by atoms with Crippen molar-refractivity contribution >= 4 is 5.69 Å². The highest BCUT2D eigenvalue weighted by molar-refractivity contribution is 5.60. The summed E-state index contributed by atoms with van der Waals surface area (Å²) in [6.07, 6.45) is 0.644. The molecule has 1 aliphatic heterocycles. The average Bonchev–Trinajstić information content (AvgIpc) is 2.57. The number of para-hydroxylation sites is 1. The van der Waals surface area contributed by atoms with E-state index in [1.54, 1.807) is 0 Å². The largest absolute Gasteiger partial charge is 0.393 e. The predicted molar refractivity (Wildman–Crippen MR) is 68.0 cm³/mol. The van der Waals surface area contributed by atoms with E-state index in [0.717, 1.165) is 13.0 Å². The van der Waals surface area contributed by atoms with Crippen LogP contribution in [0.1, 0.15) is 38.7 Å². The molecule has 1 aromatic carbocycles. The Hall–Kier alpha value is -1.02. The fourth-order valence-corrected chi connectivity index (χ4v) is 2.63. The lowest BCUT2D eigenvalue weighted by molar-refractivity contribution is 0.176. The molecule has 0 fully saturated rings. The summed E-state index contributed by atoms with van der Waals surface area (Å²) in [7, 11) is 0. The molecule has 1 N–H and O–H groups in total. The van der Waals surface area contributed by atoms with Crippen molar-refractivity contribution in [2.45, 2.75) is 45.3 Å². The van der Waals surface area contributed by atoms with Crippen LogP contribution in [-0.2, 0) is 0 Å². The van der Waals surface area contributed by atoms with E-state index in [1.807, 2.05) is 6.92 Å². The minimum absolute atomic E-state index is 0.217. The molecule has 2 heteroatoms. The number of hydrogen-bond donors (Lipinski definition) is 1. The summed E-state index contributed by atoms with van der Waals surface area (Å²) in [4.78, 5) is 2.43. The van der Waals surface area contributed by atoms with Gasteiger partial charge in [-0.25, -0.2) is 0 Å². The highest BCUT2D eigenvalue weighted by atomic mass is 16.3. The lowest BCUT2D eigenvalue weighted by atomic mass is 9.96. The van der Waals surface area contributed by atoms with Gasteiger partial charge in [0, 0.05) is 24.2 Å². The molecule has 0 saturated carbocycles. The predicted octanol–water partition coefficient (Wildman–Crippen LogP) is 2.77. The van der Waals surface area contributed by atoms with Crippen molar-refractivity contribution < 1.29 is 5.11 Å². The Morgan fingerprint density at radius 3 is 2.62 bits per heavy atom. The number of fused-ring (bicyclic) bond motifs is 1.